The summed E-state index contributed by atoms with van der Waals surface area (Å²) in [7, 11) is 1.70. The van der Waals surface area contributed by atoms with Crippen molar-refractivity contribution in [3.05, 3.63) is 47.2 Å². The molecule has 0 spiro atoms. The van der Waals surface area contributed by atoms with Gasteiger partial charge in [0.1, 0.15) is 5.75 Å². The molecule has 3 nitrogen and oxygen atoms in total. The predicted octanol–water partition coefficient (Wildman–Crippen LogP) is 3.09. The van der Waals surface area contributed by atoms with E-state index < -0.39 is 0 Å². The first kappa shape index (κ1) is 13.3. The number of hydrogen-bond acceptors (Lipinski definition) is 3. The van der Waals surface area contributed by atoms with Crippen LogP contribution in [-0.2, 0) is 4.74 Å². The van der Waals surface area contributed by atoms with Crippen LogP contribution in [0.5, 0.6) is 5.75 Å². The fraction of sp³-hybridized carbons (Fsp3) is 0.412. The third-order valence-corrected chi connectivity index (χ3v) is 3.89. The van der Waals surface area contributed by atoms with Gasteiger partial charge in [-0.1, -0.05) is 18.2 Å². The Bertz CT molecular complexity index is 510. The molecule has 20 heavy (non-hydrogen) atoms. The Morgan fingerprint density at radius 2 is 1.90 bits per heavy atom. The molecule has 3 heteroatoms. The Balaban J connectivity index is 1.77. The molecule has 0 atom stereocenters. The summed E-state index contributed by atoms with van der Waals surface area (Å²) in [5, 5.41) is 0. The molecule has 0 aromatic heterocycles. The standard InChI is InChI=1S/C17H21NO2/c1-19-16-7-5-14(6-8-16)13-15-3-2-4-17(15)18-9-11-20-12-10-18/h4-8,13H,2-3,9-12H2,1H3/b15-13+. The zero-order valence-electron chi connectivity index (χ0n) is 12.0. The largest absolute Gasteiger partial charge is 0.497 e. The fourth-order valence-corrected chi connectivity index (χ4v) is 2.81. The third kappa shape index (κ3) is 2.88. The normalized spacial score (nSPS) is 21.1. The Kier molecular flexibility index (Phi) is 4.07. The lowest BCUT2D eigenvalue weighted by molar-refractivity contribution is 0.0550. The van der Waals surface area contributed by atoms with Crippen LogP contribution < -0.4 is 4.74 Å². The molecule has 1 fully saturated rings. The van der Waals surface area contributed by atoms with Crippen LogP contribution >= 0.6 is 0 Å². The lowest BCUT2D eigenvalue weighted by atomic mass is 10.1. The highest BCUT2D eigenvalue weighted by Crippen LogP contribution is 2.30. The Morgan fingerprint density at radius 3 is 2.60 bits per heavy atom. The van der Waals surface area contributed by atoms with Gasteiger partial charge in [0.2, 0.25) is 0 Å². The van der Waals surface area contributed by atoms with Crippen molar-refractivity contribution in [2.45, 2.75) is 12.8 Å². The SMILES string of the molecule is COc1ccc(/C=C2\CCC=C2N2CCOCC2)cc1. The van der Waals surface area contributed by atoms with Crippen LogP contribution in [-0.4, -0.2) is 38.3 Å². The number of allylic oxidation sites excluding steroid dienone is 2. The zero-order valence-corrected chi connectivity index (χ0v) is 12.0. The van der Waals surface area contributed by atoms with E-state index >= 15 is 0 Å². The molecule has 1 aliphatic carbocycles. The molecule has 0 unspecified atom stereocenters. The highest BCUT2D eigenvalue weighted by atomic mass is 16.5. The van der Waals surface area contributed by atoms with Gasteiger partial charge in [0.25, 0.3) is 0 Å². The zero-order chi connectivity index (χ0) is 13.8. The van der Waals surface area contributed by atoms with E-state index in [1.807, 2.05) is 12.1 Å². The molecular weight excluding hydrogens is 250 g/mol. The minimum atomic E-state index is 0.840. The number of benzene rings is 1. The van der Waals surface area contributed by atoms with Crippen molar-refractivity contribution >= 4 is 6.08 Å². The lowest BCUT2D eigenvalue weighted by Crippen LogP contribution is -2.35. The van der Waals surface area contributed by atoms with E-state index in [0.29, 0.717) is 0 Å². The smallest absolute Gasteiger partial charge is 0.118 e. The van der Waals surface area contributed by atoms with Crippen molar-refractivity contribution in [3.63, 3.8) is 0 Å². The van der Waals surface area contributed by atoms with Gasteiger partial charge in [-0.05, 0) is 42.2 Å². The summed E-state index contributed by atoms with van der Waals surface area (Å²) < 4.78 is 10.6. The molecule has 0 N–H and O–H groups in total. The maximum absolute atomic E-state index is 5.44. The average Bonchev–Trinajstić information content (AvgIpc) is 2.97. The first-order valence-electron chi connectivity index (χ1n) is 7.24. The summed E-state index contributed by atoms with van der Waals surface area (Å²) in [5.74, 6) is 0.905. The van der Waals surface area contributed by atoms with E-state index in [-0.39, 0.29) is 0 Å². The van der Waals surface area contributed by atoms with Gasteiger partial charge in [0.15, 0.2) is 0 Å². The van der Waals surface area contributed by atoms with Gasteiger partial charge < -0.3 is 14.4 Å². The summed E-state index contributed by atoms with van der Waals surface area (Å²) in [6, 6.07) is 8.25. The van der Waals surface area contributed by atoms with E-state index in [0.717, 1.165) is 44.9 Å². The van der Waals surface area contributed by atoms with Gasteiger partial charge in [0, 0.05) is 18.8 Å². The molecule has 1 aliphatic heterocycles. The molecule has 1 aromatic carbocycles. The van der Waals surface area contributed by atoms with Gasteiger partial charge in [-0.15, -0.1) is 0 Å². The number of rotatable bonds is 3. The quantitative estimate of drug-likeness (QED) is 0.843. The van der Waals surface area contributed by atoms with Crippen LogP contribution in [0.15, 0.2) is 41.6 Å². The van der Waals surface area contributed by atoms with E-state index in [9.17, 15) is 0 Å². The molecule has 2 aliphatic rings. The van der Waals surface area contributed by atoms with Crippen molar-refractivity contribution < 1.29 is 9.47 Å². The predicted molar refractivity (Wildman–Crippen MR) is 80.7 cm³/mol. The van der Waals surface area contributed by atoms with Crippen LogP contribution in [0.25, 0.3) is 6.08 Å². The molecule has 0 amide bonds. The highest BCUT2D eigenvalue weighted by Gasteiger charge is 2.20. The maximum Gasteiger partial charge on any atom is 0.118 e. The topological polar surface area (TPSA) is 21.7 Å². The van der Waals surface area contributed by atoms with Crippen LogP contribution in [0, 0.1) is 0 Å². The van der Waals surface area contributed by atoms with Crippen LogP contribution in [0.1, 0.15) is 18.4 Å². The minimum Gasteiger partial charge on any atom is -0.497 e. The Hall–Kier alpha value is -1.74. The van der Waals surface area contributed by atoms with Crippen molar-refractivity contribution in [2.75, 3.05) is 33.4 Å². The second-order valence-corrected chi connectivity index (χ2v) is 5.17. The number of methoxy groups -OCH3 is 1. The van der Waals surface area contributed by atoms with Crippen molar-refractivity contribution in [1.82, 2.24) is 4.90 Å². The van der Waals surface area contributed by atoms with Crippen LogP contribution in [0.2, 0.25) is 0 Å². The second kappa shape index (κ2) is 6.14. The van der Waals surface area contributed by atoms with Gasteiger partial charge in [-0.2, -0.15) is 0 Å². The summed E-state index contributed by atoms with van der Waals surface area (Å²) in [5.41, 5.74) is 4.09. The van der Waals surface area contributed by atoms with Crippen molar-refractivity contribution in [3.8, 4) is 5.75 Å². The van der Waals surface area contributed by atoms with E-state index in [4.69, 9.17) is 9.47 Å². The number of morpholine rings is 1. The molecular formula is C17H21NO2. The van der Waals surface area contributed by atoms with Gasteiger partial charge in [-0.3, -0.25) is 0 Å². The molecule has 3 rings (SSSR count). The fourth-order valence-electron chi connectivity index (χ4n) is 2.81. The van der Waals surface area contributed by atoms with Crippen molar-refractivity contribution in [1.29, 1.82) is 0 Å². The summed E-state index contributed by atoms with van der Waals surface area (Å²) in [6.07, 6.45) is 6.95. The van der Waals surface area contributed by atoms with E-state index in [1.165, 1.54) is 16.8 Å². The summed E-state index contributed by atoms with van der Waals surface area (Å²) >= 11 is 0. The first-order chi connectivity index (χ1) is 9.86. The Labute approximate surface area is 120 Å². The summed E-state index contributed by atoms with van der Waals surface area (Å²) in [4.78, 5) is 2.45. The second-order valence-electron chi connectivity index (χ2n) is 5.17. The van der Waals surface area contributed by atoms with E-state index in [2.05, 4.69) is 29.2 Å². The maximum atomic E-state index is 5.44. The molecule has 0 radical (unpaired) electrons. The molecule has 0 bridgehead atoms. The van der Waals surface area contributed by atoms with Gasteiger partial charge in [0.05, 0.1) is 20.3 Å². The summed E-state index contributed by atoms with van der Waals surface area (Å²) in [6.45, 7) is 3.69. The highest BCUT2D eigenvalue weighted by molar-refractivity contribution is 5.60. The van der Waals surface area contributed by atoms with Gasteiger partial charge in [-0.25, -0.2) is 0 Å². The minimum absolute atomic E-state index is 0.840. The molecule has 1 saturated heterocycles. The third-order valence-electron chi connectivity index (χ3n) is 3.89. The number of hydrogen-bond donors (Lipinski definition) is 0. The molecule has 1 heterocycles. The molecule has 1 aromatic rings. The monoisotopic (exact) mass is 271 g/mol. The molecule has 106 valence electrons. The number of nitrogens with zero attached hydrogens (tertiary/aromatic N) is 1. The van der Waals surface area contributed by atoms with Crippen LogP contribution in [0.4, 0.5) is 0 Å². The lowest BCUT2D eigenvalue weighted by Gasteiger charge is -2.30. The van der Waals surface area contributed by atoms with Crippen molar-refractivity contribution in [2.24, 2.45) is 0 Å². The first-order valence-corrected chi connectivity index (χ1v) is 7.24. The Morgan fingerprint density at radius 1 is 1.15 bits per heavy atom. The van der Waals surface area contributed by atoms with Crippen LogP contribution in [0.3, 0.4) is 0 Å². The van der Waals surface area contributed by atoms with E-state index in [1.54, 1.807) is 7.11 Å². The van der Waals surface area contributed by atoms with Gasteiger partial charge >= 0.3 is 0 Å². The number of ether oxygens (including phenoxy) is 2. The molecule has 0 saturated carbocycles. The average molecular weight is 271 g/mol.